The van der Waals surface area contributed by atoms with Gasteiger partial charge in [-0.2, -0.15) is 5.10 Å². The number of aryl methyl sites for hydroxylation is 1. The summed E-state index contributed by atoms with van der Waals surface area (Å²) in [4.78, 5) is 1.44. The lowest BCUT2D eigenvalue weighted by molar-refractivity contribution is 0.341. The van der Waals surface area contributed by atoms with E-state index in [1.54, 1.807) is 0 Å². The fourth-order valence-electron chi connectivity index (χ4n) is 3.17. The lowest BCUT2D eigenvalue weighted by Crippen LogP contribution is -2.31. The van der Waals surface area contributed by atoms with Crippen molar-refractivity contribution in [2.45, 2.75) is 45.2 Å². The van der Waals surface area contributed by atoms with Gasteiger partial charge in [-0.15, -0.1) is 11.3 Å². The quantitative estimate of drug-likeness (QED) is 0.926. The number of fused-ring (bicyclic) bond motifs is 1. The lowest BCUT2D eigenvalue weighted by Gasteiger charge is -2.30. The maximum atomic E-state index is 4.44. The third kappa shape index (κ3) is 2.54. The van der Waals surface area contributed by atoms with Gasteiger partial charge in [0.2, 0.25) is 0 Å². The van der Waals surface area contributed by atoms with E-state index in [-0.39, 0.29) is 0 Å². The van der Waals surface area contributed by atoms with Crippen LogP contribution in [0.25, 0.3) is 0 Å². The van der Waals surface area contributed by atoms with Gasteiger partial charge in [0.25, 0.3) is 0 Å². The second-order valence-corrected chi connectivity index (χ2v) is 7.00. The number of aromatic nitrogens is 2. The van der Waals surface area contributed by atoms with E-state index in [1.165, 1.54) is 29.0 Å². The Bertz CT molecular complexity index is 556. The molecule has 3 nitrogen and oxygen atoms in total. The van der Waals surface area contributed by atoms with Crippen molar-refractivity contribution in [1.82, 2.24) is 15.1 Å². The lowest BCUT2D eigenvalue weighted by atomic mass is 9.91. The first-order chi connectivity index (χ1) is 9.66. The molecule has 2 unspecified atom stereocenters. The maximum Gasteiger partial charge on any atom is 0.0540 e. The average Bonchev–Trinajstić information content (AvgIpc) is 3.06. The Morgan fingerprint density at radius 2 is 2.30 bits per heavy atom. The van der Waals surface area contributed by atoms with Gasteiger partial charge in [0.05, 0.1) is 6.20 Å². The third-order valence-corrected chi connectivity index (χ3v) is 5.23. The molecular formula is C16H23N3S. The molecule has 0 amide bonds. The summed E-state index contributed by atoms with van der Waals surface area (Å²) in [5.41, 5.74) is 2.81. The van der Waals surface area contributed by atoms with Crippen LogP contribution in [0, 0.1) is 5.92 Å². The van der Waals surface area contributed by atoms with Gasteiger partial charge in [0.15, 0.2) is 0 Å². The summed E-state index contributed by atoms with van der Waals surface area (Å²) in [6.07, 6.45) is 5.68. The van der Waals surface area contributed by atoms with E-state index in [1.807, 2.05) is 16.0 Å². The van der Waals surface area contributed by atoms with Gasteiger partial charge in [-0.1, -0.05) is 19.9 Å². The molecule has 1 N–H and O–H groups in total. The molecule has 108 valence electrons. The van der Waals surface area contributed by atoms with Gasteiger partial charge in [-0.05, 0) is 36.6 Å². The zero-order chi connectivity index (χ0) is 14.1. The number of hydrogen-bond donors (Lipinski definition) is 1. The molecule has 1 aliphatic carbocycles. The molecule has 0 spiro atoms. The standard InChI is InChI=1S/C16H23N3S/c1-11(2)16(15-8-5-9-20-15)18-13-6-4-7-14-12(13)10-17-19(14)3/h5,8-11,13,16,18H,4,6-7H2,1-3H3. The second kappa shape index (κ2) is 5.70. The van der Waals surface area contributed by atoms with E-state index in [4.69, 9.17) is 0 Å². The Hall–Kier alpha value is -1.13. The van der Waals surface area contributed by atoms with E-state index >= 15 is 0 Å². The normalized spacial score (nSPS) is 20.1. The smallest absolute Gasteiger partial charge is 0.0540 e. The molecule has 4 heteroatoms. The largest absolute Gasteiger partial charge is 0.302 e. The van der Waals surface area contributed by atoms with Gasteiger partial charge in [0.1, 0.15) is 0 Å². The van der Waals surface area contributed by atoms with Crippen LogP contribution in [0.15, 0.2) is 23.7 Å². The summed E-state index contributed by atoms with van der Waals surface area (Å²) in [5.74, 6) is 0.593. The minimum atomic E-state index is 0.436. The van der Waals surface area contributed by atoms with Crippen LogP contribution in [-0.4, -0.2) is 9.78 Å². The predicted molar refractivity (Wildman–Crippen MR) is 83.9 cm³/mol. The molecule has 1 aliphatic rings. The van der Waals surface area contributed by atoms with Gasteiger partial charge in [-0.25, -0.2) is 0 Å². The second-order valence-electron chi connectivity index (χ2n) is 6.02. The van der Waals surface area contributed by atoms with Crippen LogP contribution in [0.1, 0.15) is 54.9 Å². The molecule has 0 aromatic carbocycles. The molecule has 0 bridgehead atoms. The fourth-order valence-corrected chi connectivity index (χ4v) is 4.13. The number of nitrogens with zero attached hydrogens (tertiary/aromatic N) is 2. The van der Waals surface area contributed by atoms with Crippen LogP contribution in [0.2, 0.25) is 0 Å². The minimum absolute atomic E-state index is 0.436. The van der Waals surface area contributed by atoms with Gasteiger partial charge in [0, 0.05) is 35.3 Å². The van der Waals surface area contributed by atoms with Crippen molar-refractivity contribution >= 4 is 11.3 Å². The molecule has 2 heterocycles. The zero-order valence-corrected chi connectivity index (χ0v) is 13.3. The van der Waals surface area contributed by atoms with Crippen molar-refractivity contribution in [3.8, 4) is 0 Å². The Morgan fingerprint density at radius 3 is 3.00 bits per heavy atom. The highest BCUT2D eigenvalue weighted by Crippen LogP contribution is 2.34. The zero-order valence-electron chi connectivity index (χ0n) is 12.5. The Balaban J connectivity index is 1.83. The summed E-state index contributed by atoms with van der Waals surface area (Å²) in [5, 5.41) is 10.5. The molecule has 2 aromatic heterocycles. The maximum absolute atomic E-state index is 4.44. The van der Waals surface area contributed by atoms with Crippen molar-refractivity contribution in [2.24, 2.45) is 13.0 Å². The Labute approximate surface area is 125 Å². The Morgan fingerprint density at radius 1 is 1.45 bits per heavy atom. The third-order valence-electron chi connectivity index (χ3n) is 4.27. The molecular weight excluding hydrogens is 266 g/mol. The first kappa shape index (κ1) is 13.8. The van der Waals surface area contributed by atoms with E-state index in [9.17, 15) is 0 Å². The van der Waals surface area contributed by atoms with Crippen LogP contribution < -0.4 is 5.32 Å². The molecule has 20 heavy (non-hydrogen) atoms. The average molecular weight is 289 g/mol. The fraction of sp³-hybridized carbons (Fsp3) is 0.562. The van der Waals surface area contributed by atoms with Gasteiger partial charge < -0.3 is 5.32 Å². The molecule has 0 radical (unpaired) electrons. The summed E-state index contributed by atoms with van der Waals surface area (Å²) in [6.45, 7) is 4.59. The first-order valence-electron chi connectivity index (χ1n) is 7.47. The van der Waals surface area contributed by atoms with E-state index < -0.39 is 0 Å². The number of thiophene rings is 1. The van der Waals surface area contributed by atoms with Crippen LogP contribution >= 0.6 is 11.3 Å². The first-order valence-corrected chi connectivity index (χ1v) is 8.35. The summed E-state index contributed by atoms with van der Waals surface area (Å²) in [7, 11) is 2.06. The van der Waals surface area contributed by atoms with Gasteiger partial charge in [-0.3, -0.25) is 4.68 Å². The van der Waals surface area contributed by atoms with Crippen molar-refractivity contribution in [1.29, 1.82) is 0 Å². The van der Waals surface area contributed by atoms with Crippen LogP contribution in [0.3, 0.4) is 0 Å². The number of hydrogen-bond acceptors (Lipinski definition) is 3. The SMILES string of the molecule is CC(C)C(NC1CCCc2c1cnn2C)c1cccs1. The summed E-state index contributed by atoms with van der Waals surface area (Å²) in [6, 6.07) is 5.27. The monoisotopic (exact) mass is 289 g/mol. The molecule has 0 saturated carbocycles. The van der Waals surface area contributed by atoms with Crippen LogP contribution in [0.4, 0.5) is 0 Å². The predicted octanol–water partition coefficient (Wildman–Crippen LogP) is 3.85. The van der Waals surface area contributed by atoms with Crippen LogP contribution in [0.5, 0.6) is 0 Å². The molecule has 0 aliphatic heterocycles. The topological polar surface area (TPSA) is 29.9 Å². The Kier molecular flexibility index (Phi) is 3.94. The van der Waals surface area contributed by atoms with E-state index in [0.29, 0.717) is 18.0 Å². The van der Waals surface area contributed by atoms with E-state index in [2.05, 4.69) is 55.0 Å². The molecule has 3 rings (SSSR count). The molecule has 2 aromatic rings. The van der Waals surface area contributed by atoms with Crippen molar-refractivity contribution < 1.29 is 0 Å². The number of nitrogens with one attached hydrogen (secondary N) is 1. The summed E-state index contributed by atoms with van der Waals surface area (Å²) >= 11 is 1.85. The molecule has 2 atom stereocenters. The summed E-state index contributed by atoms with van der Waals surface area (Å²) < 4.78 is 2.04. The highest BCUT2D eigenvalue weighted by molar-refractivity contribution is 7.10. The highest BCUT2D eigenvalue weighted by atomic mass is 32.1. The highest BCUT2D eigenvalue weighted by Gasteiger charge is 2.27. The molecule has 0 fully saturated rings. The molecule has 0 saturated heterocycles. The van der Waals surface area contributed by atoms with Gasteiger partial charge >= 0.3 is 0 Å². The van der Waals surface area contributed by atoms with Crippen molar-refractivity contribution in [2.75, 3.05) is 0 Å². The van der Waals surface area contributed by atoms with Crippen molar-refractivity contribution in [3.63, 3.8) is 0 Å². The van der Waals surface area contributed by atoms with E-state index in [0.717, 1.165) is 6.42 Å². The number of rotatable bonds is 4. The minimum Gasteiger partial charge on any atom is -0.302 e. The van der Waals surface area contributed by atoms with Crippen molar-refractivity contribution in [3.05, 3.63) is 39.8 Å². The van der Waals surface area contributed by atoms with Crippen LogP contribution in [-0.2, 0) is 13.5 Å².